The molecule has 0 atom stereocenters. The third-order valence-corrected chi connectivity index (χ3v) is 2.59. The lowest BCUT2D eigenvalue weighted by molar-refractivity contribution is -0.115. The highest BCUT2D eigenvalue weighted by atomic mass is 16.1. The van der Waals surface area contributed by atoms with Gasteiger partial charge in [-0.15, -0.1) is 0 Å². The number of ketones is 1. The van der Waals surface area contributed by atoms with E-state index in [1.54, 1.807) is 0 Å². The Hall–Kier alpha value is -2.02. The van der Waals surface area contributed by atoms with Crippen molar-refractivity contribution in [3.05, 3.63) is 78.7 Å². The molecular weight excluding hydrogens is 196 g/mol. The standard InChI is InChI=1S/C15H13O/c1-12(16)15(13-8-4-2-5-9-13)14-10-6-3-7-11-14/h2-11,15H,1H2/q+1. The summed E-state index contributed by atoms with van der Waals surface area (Å²) in [6.07, 6.45) is 0. The molecule has 0 aliphatic carbocycles. The molecule has 2 aromatic rings. The number of rotatable bonds is 3. The van der Waals surface area contributed by atoms with Crippen LogP contribution in [0.5, 0.6) is 0 Å². The average molecular weight is 209 g/mol. The first-order chi connectivity index (χ1) is 7.79. The second kappa shape index (κ2) is 4.67. The van der Waals surface area contributed by atoms with Crippen molar-refractivity contribution in [2.45, 2.75) is 5.92 Å². The van der Waals surface area contributed by atoms with E-state index in [-0.39, 0.29) is 11.7 Å². The van der Waals surface area contributed by atoms with Crippen LogP contribution in [0.2, 0.25) is 0 Å². The molecule has 0 spiro atoms. The third-order valence-electron chi connectivity index (χ3n) is 2.59. The molecule has 0 bridgehead atoms. The van der Waals surface area contributed by atoms with E-state index in [4.69, 9.17) is 0 Å². The van der Waals surface area contributed by atoms with Gasteiger partial charge in [-0.25, -0.2) is 4.79 Å². The Labute approximate surface area is 95.7 Å². The summed E-state index contributed by atoms with van der Waals surface area (Å²) in [5.74, 6) is -0.320. The maximum Gasteiger partial charge on any atom is 0.315 e. The lowest BCUT2D eigenvalue weighted by Gasteiger charge is -2.10. The predicted molar refractivity (Wildman–Crippen MR) is 65.1 cm³/mol. The van der Waals surface area contributed by atoms with E-state index in [0.717, 1.165) is 11.1 Å². The Morgan fingerprint density at radius 1 is 0.812 bits per heavy atom. The van der Waals surface area contributed by atoms with Crippen molar-refractivity contribution in [1.29, 1.82) is 0 Å². The molecule has 0 aliphatic heterocycles. The fourth-order valence-electron chi connectivity index (χ4n) is 1.86. The Balaban J connectivity index is 2.44. The lowest BCUT2D eigenvalue weighted by Crippen LogP contribution is -2.10. The molecule has 0 saturated heterocycles. The molecule has 16 heavy (non-hydrogen) atoms. The highest BCUT2D eigenvalue weighted by Gasteiger charge is 2.23. The smallest absolute Gasteiger partial charge is 0.243 e. The minimum absolute atomic E-state index is 0.0719. The van der Waals surface area contributed by atoms with Crippen molar-refractivity contribution in [2.24, 2.45) is 0 Å². The van der Waals surface area contributed by atoms with Crippen LogP contribution in [0.4, 0.5) is 0 Å². The topological polar surface area (TPSA) is 17.1 Å². The summed E-state index contributed by atoms with van der Waals surface area (Å²) in [6, 6.07) is 19.5. The van der Waals surface area contributed by atoms with Crippen molar-refractivity contribution >= 4 is 5.78 Å². The van der Waals surface area contributed by atoms with Gasteiger partial charge in [-0.1, -0.05) is 60.7 Å². The van der Waals surface area contributed by atoms with E-state index in [2.05, 4.69) is 6.92 Å². The average Bonchev–Trinajstić information content (AvgIpc) is 2.31. The van der Waals surface area contributed by atoms with Gasteiger partial charge < -0.3 is 0 Å². The van der Waals surface area contributed by atoms with Crippen LogP contribution >= 0.6 is 0 Å². The Morgan fingerprint density at radius 2 is 1.19 bits per heavy atom. The van der Waals surface area contributed by atoms with Gasteiger partial charge in [0.05, 0.1) is 0 Å². The summed E-state index contributed by atoms with van der Waals surface area (Å²) in [7, 11) is 0. The first kappa shape index (κ1) is 10.5. The lowest BCUT2D eigenvalue weighted by atomic mass is 9.88. The largest absolute Gasteiger partial charge is 0.315 e. The first-order valence-corrected chi connectivity index (χ1v) is 5.25. The molecule has 0 fully saturated rings. The molecule has 0 heterocycles. The molecular formula is C15H13O+. The Bertz CT molecular complexity index is 420. The molecule has 0 saturated carbocycles. The van der Waals surface area contributed by atoms with Crippen molar-refractivity contribution in [2.75, 3.05) is 0 Å². The van der Waals surface area contributed by atoms with Gasteiger partial charge in [0.25, 0.3) is 0 Å². The molecule has 1 heteroatoms. The van der Waals surface area contributed by atoms with Crippen LogP contribution in [0.25, 0.3) is 0 Å². The van der Waals surface area contributed by atoms with Gasteiger partial charge in [0.2, 0.25) is 0 Å². The predicted octanol–water partition coefficient (Wildman–Crippen LogP) is 3.22. The van der Waals surface area contributed by atoms with E-state index >= 15 is 0 Å². The second-order valence-electron chi connectivity index (χ2n) is 3.72. The minimum atomic E-state index is -0.248. The highest BCUT2D eigenvalue weighted by Crippen LogP contribution is 2.24. The monoisotopic (exact) mass is 209 g/mol. The fraction of sp³-hybridized carbons (Fsp3) is 0.0667. The second-order valence-corrected chi connectivity index (χ2v) is 3.72. The molecule has 2 rings (SSSR count). The normalized spacial score (nSPS) is 10.3. The van der Waals surface area contributed by atoms with Crippen molar-refractivity contribution in [1.82, 2.24) is 0 Å². The van der Waals surface area contributed by atoms with Gasteiger partial charge in [-0.05, 0) is 11.1 Å². The minimum Gasteiger partial charge on any atom is -0.243 e. The fourth-order valence-corrected chi connectivity index (χ4v) is 1.86. The highest BCUT2D eigenvalue weighted by molar-refractivity contribution is 5.92. The molecule has 0 aliphatic rings. The summed E-state index contributed by atoms with van der Waals surface area (Å²) >= 11 is 0. The molecule has 2 aromatic carbocycles. The Morgan fingerprint density at radius 3 is 1.50 bits per heavy atom. The van der Waals surface area contributed by atoms with Crippen LogP contribution in [0, 0.1) is 6.92 Å². The van der Waals surface area contributed by atoms with Gasteiger partial charge in [-0.3, -0.25) is 0 Å². The van der Waals surface area contributed by atoms with E-state index < -0.39 is 0 Å². The molecule has 78 valence electrons. The molecule has 0 unspecified atom stereocenters. The summed E-state index contributed by atoms with van der Waals surface area (Å²) in [6.45, 7) is 3.55. The van der Waals surface area contributed by atoms with Crippen LogP contribution in [0.1, 0.15) is 17.0 Å². The summed E-state index contributed by atoms with van der Waals surface area (Å²) < 4.78 is 0. The van der Waals surface area contributed by atoms with Gasteiger partial charge in [0, 0.05) is 0 Å². The van der Waals surface area contributed by atoms with Crippen molar-refractivity contribution in [3.63, 3.8) is 0 Å². The molecule has 0 amide bonds. The zero-order valence-corrected chi connectivity index (χ0v) is 8.97. The molecule has 0 radical (unpaired) electrons. The number of Topliss-reactive ketones (excluding diaryl/α,β-unsaturated/α-hetero) is 1. The number of hydrogen-bond acceptors (Lipinski definition) is 1. The van der Waals surface area contributed by atoms with Crippen LogP contribution in [-0.4, -0.2) is 5.78 Å². The number of benzene rings is 2. The van der Waals surface area contributed by atoms with Gasteiger partial charge in [-0.2, -0.15) is 0 Å². The Kier molecular flexibility index (Phi) is 3.06. The van der Waals surface area contributed by atoms with Crippen molar-refractivity contribution < 1.29 is 4.79 Å². The van der Waals surface area contributed by atoms with Gasteiger partial charge >= 0.3 is 5.78 Å². The van der Waals surface area contributed by atoms with E-state index in [9.17, 15) is 4.79 Å². The number of carbonyl (C=O) groups excluding carboxylic acids is 1. The van der Waals surface area contributed by atoms with Gasteiger partial charge in [0.1, 0.15) is 12.8 Å². The summed E-state index contributed by atoms with van der Waals surface area (Å²) in [5.41, 5.74) is 1.99. The van der Waals surface area contributed by atoms with Crippen LogP contribution in [0.15, 0.2) is 60.7 Å². The van der Waals surface area contributed by atoms with Crippen molar-refractivity contribution in [3.8, 4) is 0 Å². The van der Waals surface area contributed by atoms with E-state index in [1.165, 1.54) is 0 Å². The van der Waals surface area contributed by atoms with Crippen LogP contribution in [-0.2, 0) is 4.79 Å². The van der Waals surface area contributed by atoms with Gasteiger partial charge in [0.15, 0.2) is 0 Å². The molecule has 0 aromatic heterocycles. The zero-order chi connectivity index (χ0) is 11.4. The maximum atomic E-state index is 11.6. The van der Waals surface area contributed by atoms with E-state index in [1.807, 2.05) is 60.7 Å². The summed E-state index contributed by atoms with van der Waals surface area (Å²) in [4.78, 5) is 11.6. The molecule has 0 N–H and O–H groups in total. The number of carbonyl (C=O) groups is 1. The number of hydrogen-bond donors (Lipinski definition) is 0. The van der Waals surface area contributed by atoms with Crippen LogP contribution < -0.4 is 0 Å². The summed E-state index contributed by atoms with van der Waals surface area (Å²) in [5, 5.41) is 0. The van der Waals surface area contributed by atoms with E-state index in [0.29, 0.717) is 0 Å². The van der Waals surface area contributed by atoms with Crippen LogP contribution in [0.3, 0.4) is 0 Å². The maximum absolute atomic E-state index is 11.6. The zero-order valence-electron chi connectivity index (χ0n) is 8.97. The first-order valence-electron chi connectivity index (χ1n) is 5.25. The quantitative estimate of drug-likeness (QED) is 0.709. The SMILES string of the molecule is [CH2+]C(=O)C(c1ccccc1)c1ccccc1. The molecule has 1 nitrogen and oxygen atoms in total. The third kappa shape index (κ3) is 2.14.